The van der Waals surface area contributed by atoms with Gasteiger partial charge in [0.1, 0.15) is 12.1 Å². The van der Waals surface area contributed by atoms with Crippen LogP contribution < -0.4 is 16.4 Å². The van der Waals surface area contributed by atoms with E-state index < -0.39 is 23.6 Å². The average Bonchev–Trinajstić information content (AvgIpc) is 3.39. The van der Waals surface area contributed by atoms with Crippen molar-refractivity contribution in [2.24, 2.45) is 5.73 Å². The van der Waals surface area contributed by atoms with Gasteiger partial charge >= 0.3 is 6.18 Å². The van der Waals surface area contributed by atoms with Gasteiger partial charge in [0, 0.05) is 28.2 Å². The number of benzene rings is 3. The van der Waals surface area contributed by atoms with Gasteiger partial charge in [-0.25, -0.2) is 9.97 Å². The van der Waals surface area contributed by atoms with E-state index in [9.17, 15) is 22.8 Å². The molecule has 2 amide bonds. The number of amides is 2. The Morgan fingerprint density at radius 3 is 2.35 bits per heavy atom. The number of hydrogen-bond donors (Lipinski definition) is 3. The van der Waals surface area contributed by atoms with E-state index >= 15 is 0 Å². The Morgan fingerprint density at radius 2 is 1.65 bits per heavy atom. The predicted molar refractivity (Wildman–Crippen MR) is 149 cm³/mol. The van der Waals surface area contributed by atoms with Crippen molar-refractivity contribution in [3.05, 3.63) is 107 Å². The van der Waals surface area contributed by atoms with Crippen molar-refractivity contribution < 1.29 is 22.8 Å². The number of fused-ring (bicyclic) bond motifs is 1. The Balaban J connectivity index is 1.20. The van der Waals surface area contributed by atoms with Gasteiger partial charge in [-0.2, -0.15) is 13.2 Å². The second-order valence-corrected chi connectivity index (χ2v) is 9.95. The van der Waals surface area contributed by atoms with Gasteiger partial charge in [-0.1, -0.05) is 30.3 Å². The van der Waals surface area contributed by atoms with Crippen molar-refractivity contribution in [3.63, 3.8) is 0 Å². The number of carbonyl (C=O) groups excluding carboxylic acids is 2. The van der Waals surface area contributed by atoms with Crippen LogP contribution in [-0.4, -0.2) is 28.3 Å². The third-order valence-corrected chi connectivity index (χ3v) is 7.32. The first-order valence-electron chi connectivity index (χ1n) is 12.1. The standard InChI is InChI=1S/C29H22F3N5O2S/c30-29(31,32)21-3-1-2-20(14-21)28(39)37-22-10-4-17(5-11-22)12-13-34-27-25-23(35-16-36-27)15-24(40-25)18-6-8-19(9-7-18)26(33)38/h1-11,14-16H,12-13H2,(H2,33,38)(H,37,39)(H,34,35,36). The number of aromatic nitrogens is 2. The zero-order valence-electron chi connectivity index (χ0n) is 20.8. The van der Waals surface area contributed by atoms with Crippen LogP contribution in [0.5, 0.6) is 0 Å². The molecule has 40 heavy (non-hydrogen) atoms. The number of nitrogens with one attached hydrogen (secondary N) is 2. The van der Waals surface area contributed by atoms with E-state index in [2.05, 4.69) is 20.6 Å². The minimum absolute atomic E-state index is 0.0707. The van der Waals surface area contributed by atoms with Crippen LogP contribution in [0.25, 0.3) is 20.7 Å². The number of halogens is 3. The molecule has 0 aliphatic rings. The van der Waals surface area contributed by atoms with Crippen LogP contribution in [0.15, 0.2) is 85.2 Å². The van der Waals surface area contributed by atoms with Gasteiger partial charge in [0.05, 0.1) is 15.8 Å². The fourth-order valence-corrected chi connectivity index (χ4v) is 5.12. The Morgan fingerprint density at radius 1 is 0.900 bits per heavy atom. The number of anilines is 2. The molecule has 0 aliphatic carbocycles. The number of thiophene rings is 1. The summed E-state index contributed by atoms with van der Waals surface area (Å²) in [5, 5.41) is 5.98. The van der Waals surface area contributed by atoms with Gasteiger partial charge in [-0.05, 0) is 66.1 Å². The Labute approximate surface area is 230 Å². The van der Waals surface area contributed by atoms with Crippen LogP contribution in [0.1, 0.15) is 31.8 Å². The molecule has 0 aliphatic heterocycles. The van der Waals surface area contributed by atoms with Crippen molar-refractivity contribution in [3.8, 4) is 10.4 Å². The van der Waals surface area contributed by atoms with Crippen molar-refractivity contribution >= 4 is 44.9 Å². The van der Waals surface area contributed by atoms with E-state index in [-0.39, 0.29) is 5.56 Å². The van der Waals surface area contributed by atoms with E-state index in [1.54, 1.807) is 24.3 Å². The lowest BCUT2D eigenvalue weighted by Gasteiger charge is -2.10. The van der Waals surface area contributed by atoms with Crippen molar-refractivity contribution in [2.75, 3.05) is 17.2 Å². The quantitative estimate of drug-likeness (QED) is 0.204. The number of carbonyl (C=O) groups is 2. The fourth-order valence-electron chi connectivity index (χ4n) is 4.04. The summed E-state index contributed by atoms with van der Waals surface area (Å²) in [6.45, 7) is 0.586. The third kappa shape index (κ3) is 6.10. The highest BCUT2D eigenvalue weighted by Crippen LogP contribution is 2.35. The number of primary amides is 1. The first kappa shape index (κ1) is 26.8. The number of nitrogens with two attached hydrogens (primary N) is 1. The van der Waals surface area contributed by atoms with Crippen molar-refractivity contribution in [1.82, 2.24) is 9.97 Å². The minimum Gasteiger partial charge on any atom is -0.368 e. The molecule has 0 spiro atoms. The summed E-state index contributed by atoms with van der Waals surface area (Å²) in [4.78, 5) is 33.5. The second kappa shape index (κ2) is 11.1. The molecular weight excluding hydrogens is 539 g/mol. The Kier molecular flexibility index (Phi) is 7.47. The van der Waals surface area contributed by atoms with Crippen LogP contribution in [0.2, 0.25) is 0 Å². The summed E-state index contributed by atoms with van der Waals surface area (Å²) in [5.74, 6) is -0.387. The minimum atomic E-state index is -4.52. The Bertz CT molecular complexity index is 1680. The van der Waals surface area contributed by atoms with E-state index in [0.29, 0.717) is 30.0 Å². The van der Waals surface area contributed by atoms with E-state index in [0.717, 1.165) is 38.4 Å². The molecule has 202 valence electrons. The lowest BCUT2D eigenvalue weighted by atomic mass is 10.1. The molecule has 0 unspecified atom stereocenters. The maximum atomic E-state index is 12.9. The van der Waals surface area contributed by atoms with Gasteiger partial charge in [-0.3, -0.25) is 9.59 Å². The van der Waals surface area contributed by atoms with E-state index in [1.165, 1.54) is 29.8 Å². The van der Waals surface area contributed by atoms with E-state index in [1.807, 2.05) is 30.3 Å². The topological polar surface area (TPSA) is 110 Å². The zero-order valence-corrected chi connectivity index (χ0v) is 21.6. The van der Waals surface area contributed by atoms with Crippen LogP contribution in [0.4, 0.5) is 24.7 Å². The molecule has 3 aromatic carbocycles. The van der Waals surface area contributed by atoms with Crippen molar-refractivity contribution in [2.45, 2.75) is 12.6 Å². The molecule has 2 heterocycles. The molecule has 0 fully saturated rings. The highest BCUT2D eigenvalue weighted by molar-refractivity contribution is 7.22. The average molecular weight is 562 g/mol. The number of nitrogens with zero attached hydrogens (tertiary/aromatic N) is 2. The monoisotopic (exact) mass is 561 g/mol. The second-order valence-electron chi connectivity index (χ2n) is 8.90. The van der Waals surface area contributed by atoms with Crippen LogP contribution in [0, 0.1) is 0 Å². The van der Waals surface area contributed by atoms with Crippen LogP contribution >= 0.6 is 11.3 Å². The summed E-state index contributed by atoms with van der Waals surface area (Å²) in [5.41, 5.74) is 8.05. The lowest BCUT2D eigenvalue weighted by Crippen LogP contribution is -2.14. The third-order valence-electron chi connectivity index (χ3n) is 6.14. The summed E-state index contributed by atoms with van der Waals surface area (Å²) in [6.07, 6.45) is -2.35. The van der Waals surface area contributed by atoms with Gasteiger partial charge in [-0.15, -0.1) is 11.3 Å². The molecule has 0 atom stereocenters. The first-order valence-corrected chi connectivity index (χ1v) is 13.0. The highest BCUT2D eigenvalue weighted by atomic mass is 32.1. The smallest absolute Gasteiger partial charge is 0.368 e. The summed E-state index contributed by atoms with van der Waals surface area (Å²) >= 11 is 1.54. The SMILES string of the molecule is NC(=O)c1ccc(-c2cc3ncnc(NCCc4ccc(NC(=O)c5cccc(C(F)(F)F)c5)cc4)c3s2)cc1. The number of alkyl halides is 3. The normalized spacial score (nSPS) is 11.4. The zero-order chi connectivity index (χ0) is 28.3. The van der Waals surface area contributed by atoms with Gasteiger partial charge in [0.2, 0.25) is 5.91 Å². The lowest BCUT2D eigenvalue weighted by molar-refractivity contribution is -0.137. The molecule has 7 nitrogen and oxygen atoms in total. The Hall–Kier alpha value is -4.77. The highest BCUT2D eigenvalue weighted by Gasteiger charge is 2.30. The summed E-state index contributed by atoms with van der Waals surface area (Å²) in [7, 11) is 0. The summed E-state index contributed by atoms with van der Waals surface area (Å²) in [6, 6.07) is 20.4. The molecule has 11 heteroatoms. The van der Waals surface area contributed by atoms with Gasteiger partial charge in [0.25, 0.3) is 5.91 Å². The molecule has 2 aromatic heterocycles. The number of rotatable bonds is 8. The number of hydrogen-bond acceptors (Lipinski definition) is 6. The molecule has 0 saturated heterocycles. The molecule has 0 radical (unpaired) electrons. The largest absolute Gasteiger partial charge is 0.416 e. The maximum absolute atomic E-state index is 12.9. The molecule has 0 bridgehead atoms. The molecule has 5 aromatic rings. The van der Waals surface area contributed by atoms with Crippen LogP contribution in [0.3, 0.4) is 0 Å². The van der Waals surface area contributed by atoms with Gasteiger partial charge < -0.3 is 16.4 Å². The van der Waals surface area contributed by atoms with Crippen LogP contribution in [-0.2, 0) is 12.6 Å². The van der Waals surface area contributed by atoms with E-state index in [4.69, 9.17) is 5.73 Å². The summed E-state index contributed by atoms with van der Waals surface area (Å²) < 4.78 is 39.7. The molecule has 4 N–H and O–H groups in total. The first-order chi connectivity index (χ1) is 19.2. The van der Waals surface area contributed by atoms with Gasteiger partial charge in [0.15, 0.2) is 0 Å². The molecule has 5 rings (SSSR count). The molecule has 0 saturated carbocycles. The van der Waals surface area contributed by atoms with Crippen molar-refractivity contribution in [1.29, 1.82) is 0 Å². The predicted octanol–water partition coefficient (Wildman–Crippen LogP) is 6.38. The molecular formula is C29H22F3N5O2S. The maximum Gasteiger partial charge on any atom is 0.416 e. The fraction of sp³-hybridized carbons (Fsp3) is 0.103.